The number of nitrogens with one attached hydrogen (secondary N) is 1. The van der Waals surface area contributed by atoms with E-state index in [4.69, 9.17) is 0 Å². The molecule has 0 aromatic heterocycles. The van der Waals surface area contributed by atoms with Crippen molar-refractivity contribution in [3.8, 4) is 11.1 Å². The summed E-state index contributed by atoms with van der Waals surface area (Å²) in [6, 6.07) is 13.8. The van der Waals surface area contributed by atoms with Gasteiger partial charge in [-0.05, 0) is 42.0 Å². The highest BCUT2D eigenvalue weighted by Crippen LogP contribution is 2.31. The third-order valence-electron chi connectivity index (χ3n) is 3.87. The minimum atomic E-state index is -4.70. The Kier molecular flexibility index (Phi) is 4.94. The number of benzene rings is 3. The average Bonchev–Trinajstić information content (AvgIpc) is 2.62. The van der Waals surface area contributed by atoms with Crippen molar-refractivity contribution < 1.29 is 26.7 Å². The van der Waals surface area contributed by atoms with Gasteiger partial charge in [0.25, 0.3) is 5.91 Å². The lowest BCUT2D eigenvalue weighted by Crippen LogP contribution is -2.15. The summed E-state index contributed by atoms with van der Waals surface area (Å²) in [7, 11) is 0. The Morgan fingerprint density at radius 2 is 1.52 bits per heavy atom. The molecule has 0 heterocycles. The maximum Gasteiger partial charge on any atom is 0.416 e. The molecular formula is C20H12F5NO. The van der Waals surface area contributed by atoms with Crippen LogP contribution in [0.4, 0.5) is 27.6 Å². The van der Waals surface area contributed by atoms with E-state index in [1.54, 1.807) is 24.3 Å². The molecular weight excluding hydrogens is 365 g/mol. The van der Waals surface area contributed by atoms with Gasteiger partial charge in [-0.25, -0.2) is 8.78 Å². The van der Waals surface area contributed by atoms with Crippen LogP contribution in [0.25, 0.3) is 11.1 Å². The van der Waals surface area contributed by atoms with Gasteiger partial charge in [-0.3, -0.25) is 4.79 Å². The first-order chi connectivity index (χ1) is 12.8. The Balaban J connectivity index is 1.90. The first-order valence-electron chi connectivity index (χ1n) is 7.79. The fourth-order valence-corrected chi connectivity index (χ4v) is 2.54. The molecule has 0 aliphatic rings. The van der Waals surface area contributed by atoms with E-state index in [1.807, 2.05) is 0 Å². The lowest BCUT2D eigenvalue weighted by Gasteiger charge is -2.13. The lowest BCUT2D eigenvalue weighted by molar-refractivity contribution is -0.137. The summed E-state index contributed by atoms with van der Waals surface area (Å²) in [4.78, 5) is 12.3. The zero-order valence-corrected chi connectivity index (χ0v) is 13.6. The van der Waals surface area contributed by atoms with Crippen LogP contribution in [-0.4, -0.2) is 5.91 Å². The van der Waals surface area contributed by atoms with E-state index in [9.17, 15) is 26.7 Å². The van der Waals surface area contributed by atoms with Crippen molar-refractivity contribution in [3.63, 3.8) is 0 Å². The van der Waals surface area contributed by atoms with Gasteiger partial charge < -0.3 is 5.32 Å². The zero-order chi connectivity index (χ0) is 19.6. The van der Waals surface area contributed by atoms with E-state index in [-0.39, 0.29) is 6.07 Å². The Bertz CT molecular complexity index is 980. The number of rotatable bonds is 3. The molecule has 0 bridgehead atoms. The maximum atomic E-state index is 14.0. The molecule has 0 saturated carbocycles. The third-order valence-corrected chi connectivity index (χ3v) is 3.87. The van der Waals surface area contributed by atoms with Gasteiger partial charge >= 0.3 is 6.18 Å². The molecule has 0 spiro atoms. The predicted octanol–water partition coefficient (Wildman–Crippen LogP) is 5.90. The van der Waals surface area contributed by atoms with Crippen LogP contribution in [0.1, 0.15) is 15.9 Å². The molecule has 2 nitrogen and oxygen atoms in total. The van der Waals surface area contributed by atoms with Crippen LogP contribution in [-0.2, 0) is 6.18 Å². The SMILES string of the molecule is O=C(Nc1ccccc1-c1ccc(F)cc1)c1ccc(C(F)(F)F)cc1F. The van der Waals surface area contributed by atoms with E-state index in [2.05, 4.69) is 5.32 Å². The Hall–Kier alpha value is -3.22. The van der Waals surface area contributed by atoms with Crippen LogP contribution in [0.5, 0.6) is 0 Å². The van der Waals surface area contributed by atoms with Crippen LogP contribution < -0.4 is 5.32 Å². The molecule has 3 aromatic rings. The predicted molar refractivity (Wildman–Crippen MR) is 91.2 cm³/mol. The quantitative estimate of drug-likeness (QED) is 0.566. The third kappa shape index (κ3) is 4.13. The lowest BCUT2D eigenvalue weighted by atomic mass is 10.0. The summed E-state index contributed by atoms with van der Waals surface area (Å²) >= 11 is 0. The topological polar surface area (TPSA) is 29.1 Å². The highest BCUT2D eigenvalue weighted by atomic mass is 19.4. The van der Waals surface area contributed by atoms with Crippen LogP contribution in [0.15, 0.2) is 66.7 Å². The molecule has 27 heavy (non-hydrogen) atoms. The van der Waals surface area contributed by atoms with Gasteiger partial charge in [0.15, 0.2) is 0 Å². The van der Waals surface area contributed by atoms with Gasteiger partial charge in [0.05, 0.1) is 11.1 Å². The van der Waals surface area contributed by atoms with Gasteiger partial charge in [-0.15, -0.1) is 0 Å². The molecule has 0 radical (unpaired) electrons. The second kappa shape index (κ2) is 7.19. The standard InChI is InChI=1S/C20H12F5NO/c21-14-8-5-12(6-9-14)15-3-1-2-4-18(15)26-19(27)16-10-7-13(11-17(16)22)20(23,24)25/h1-11H,(H,26,27). The molecule has 3 aromatic carbocycles. The normalized spacial score (nSPS) is 11.3. The molecule has 1 N–H and O–H groups in total. The molecule has 1 amide bonds. The van der Waals surface area contributed by atoms with Gasteiger partial charge in [-0.1, -0.05) is 30.3 Å². The number of para-hydroxylation sites is 1. The van der Waals surface area contributed by atoms with Crippen molar-refractivity contribution in [2.24, 2.45) is 0 Å². The van der Waals surface area contributed by atoms with Crippen LogP contribution in [0, 0.1) is 11.6 Å². The van der Waals surface area contributed by atoms with Crippen molar-refractivity contribution in [1.29, 1.82) is 0 Å². The molecule has 0 fully saturated rings. The second-order valence-corrected chi connectivity index (χ2v) is 5.70. The van der Waals surface area contributed by atoms with Gasteiger partial charge in [0.1, 0.15) is 11.6 Å². The van der Waals surface area contributed by atoms with E-state index in [0.29, 0.717) is 22.9 Å². The largest absolute Gasteiger partial charge is 0.416 e. The molecule has 0 unspecified atom stereocenters. The van der Waals surface area contributed by atoms with Crippen LogP contribution in [0.3, 0.4) is 0 Å². The Morgan fingerprint density at radius 3 is 2.15 bits per heavy atom. The average molecular weight is 377 g/mol. The fraction of sp³-hybridized carbons (Fsp3) is 0.0500. The van der Waals surface area contributed by atoms with Crippen molar-refractivity contribution in [2.45, 2.75) is 6.18 Å². The number of carbonyl (C=O) groups excluding carboxylic acids is 1. The second-order valence-electron chi connectivity index (χ2n) is 5.70. The number of halogens is 5. The maximum absolute atomic E-state index is 14.0. The van der Waals surface area contributed by atoms with Crippen molar-refractivity contribution in [2.75, 3.05) is 5.32 Å². The molecule has 3 rings (SSSR count). The van der Waals surface area contributed by atoms with Crippen molar-refractivity contribution >= 4 is 11.6 Å². The number of carbonyl (C=O) groups is 1. The number of alkyl halides is 3. The molecule has 0 saturated heterocycles. The van der Waals surface area contributed by atoms with Crippen LogP contribution >= 0.6 is 0 Å². The van der Waals surface area contributed by atoms with Gasteiger partial charge in [-0.2, -0.15) is 13.2 Å². The number of amides is 1. The number of hydrogen-bond donors (Lipinski definition) is 1. The minimum absolute atomic E-state index is 0.279. The van der Waals surface area contributed by atoms with E-state index >= 15 is 0 Å². The molecule has 0 aliphatic carbocycles. The van der Waals surface area contributed by atoms with Crippen molar-refractivity contribution in [1.82, 2.24) is 0 Å². The van der Waals surface area contributed by atoms with Crippen molar-refractivity contribution in [3.05, 3.63) is 89.5 Å². The summed E-state index contributed by atoms with van der Waals surface area (Å²) < 4.78 is 65.0. The molecule has 138 valence electrons. The molecule has 7 heteroatoms. The summed E-state index contributed by atoms with van der Waals surface area (Å²) in [6.45, 7) is 0. The first-order valence-corrected chi connectivity index (χ1v) is 7.79. The van der Waals surface area contributed by atoms with Gasteiger partial charge in [0.2, 0.25) is 0 Å². The summed E-state index contributed by atoms with van der Waals surface area (Å²) in [6.07, 6.45) is -4.70. The molecule has 0 atom stereocenters. The smallest absolute Gasteiger partial charge is 0.321 e. The highest BCUT2D eigenvalue weighted by molar-refractivity contribution is 6.06. The van der Waals surface area contributed by atoms with E-state index in [1.165, 1.54) is 24.3 Å². The van der Waals surface area contributed by atoms with Gasteiger partial charge in [0, 0.05) is 11.3 Å². The van der Waals surface area contributed by atoms with E-state index in [0.717, 1.165) is 6.07 Å². The van der Waals surface area contributed by atoms with E-state index < -0.39 is 34.8 Å². The summed E-state index contributed by atoms with van der Waals surface area (Å²) in [5, 5.41) is 2.49. The summed E-state index contributed by atoms with van der Waals surface area (Å²) in [5.41, 5.74) is -0.216. The molecule has 0 aliphatic heterocycles. The first kappa shape index (κ1) is 18.6. The fourth-order valence-electron chi connectivity index (χ4n) is 2.54. The Morgan fingerprint density at radius 1 is 0.852 bits per heavy atom. The monoisotopic (exact) mass is 377 g/mol. The number of hydrogen-bond acceptors (Lipinski definition) is 1. The number of anilines is 1. The minimum Gasteiger partial charge on any atom is -0.321 e. The zero-order valence-electron chi connectivity index (χ0n) is 13.6. The van der Waals surface area contributed by atoms with Crippen LogP contribution in [0.2, 0.25) is 0 Å². The summed E-state index contributed by atoms with van der Waals surface area (Å²) in [5.74, 6) is -2.59. The Labute approximate surface area is 151 Å². The highest BCUT2D eigenvalue weighted by Gasteiger charge is 2.31.